The van der Waals surface area contributed by atoms with E-state index in [1.807, 2.05) is 18.3 Å². The summed E-state index contributed by atoms with van der Waals surface area (Å²) < 4.78 is 38.4. The van der Waals surface area contributed by atoms with Crippen LogP contribution >= 0.6 is 0 Å². The summed E-state index contributed by atoms with van der Waals surface area (Å²) in [7, 11) is 0. The van der Waals surface area contributed by atoms with Crippen molar-refractivity contribution in [3.63, 3.8) is 0 Å². The van der Waals surface area contributed by atoms with Crippen molar-refractivity contribution in [3.05, 3.63) is 83.3 Å². The molecular formula is C23H19F3N4. The molecule has 2 aromatic carbocycles. The van der Waals surface area contributed by atoms with Crippen LogP contribution in [0.3, 0.4) is 0 Å². The number of benzene rings is 2. The van der Waals surface area contributed by atoms with Crippen molar-refractivity contribution >= 4 is 10.9 Å². The Kier molecular flexibility index (Phi) is 4.55. The van der Waals surface area contributed by atoms with Crippen molar-refractivity contribution in [2.45, 2.75) is 25.7 Å². The third kappa shape index (κ3) is 3.57. The molecule has 0 bridgehead atoms. The molecule has 0 amide bonds. The number of fused-ring (bicyclic) bond motifs is 2. The lowest BCUT2D eigenvalue weighted by atomic mass is 10.0. The van der Waals surface area contributed by atoms with Crippen LogP contribution in [0.2, 0.25) is 0 Å². The Balaban J connectivity index is 1.37. The van der Waals surface area contributed by atoms with E-state index in [0.29, 0.717) is 17.9 Å². The monoisotopic (exact) mass is 408 g/mol. The van der Waals surface area contributed by atoms with Crippen molar-refractivity contribution in [2.75, 3.05) is 6.54 Å². The Hall–Kier alpha value is -3.19. The van der Waals surface area contributed by atoms with Gasteiger partial charge in [-0.2, -0.15) is 13.2 Å². The molecule has 0 fully saturated rings. The maximum atomic E-state index is 12.8. The number of nitrogens with zero attached hydrogens (tertiary/aromatic N) is 3. The highest BCUT2D eigenvalue weighted by molar-refractivity contribution is 5.82. The molecule has 0 atom stereocenters. The van der Waals surface area contributed by atoms with E-state index in [1.54, 1.807) is 6.20 Å². The lowest BCUT2D eigenvalue weighted by Crippen LogP contribution is -2.31. The van der Waals surface area contributed by atoms with Crippen molar-refractivity contribution in [3.8, 4) is 11.4 Å². The molecule has 152 valence electrons. The summed E-state index contributed by atoms with van der Waals surface area (Å²) >= 11 is 0. The first-order chi connectivity index (χ1) is 14.5. The average molecular weight is 408 g/mol. The summed E-state index contributed by atoms with van der Waals surface area (Å²) in [6, 6.07) is 13.2. The first-order valence-electron chi connectivity index (χ1n) is 9.77. The van der Waals surface area contributed by atoms with E-state index < -0.39 is 11.7 Å². The SMILES string of the molecule is FC(F)(F)c1ccc(-c2ncc3c(n2)CN(Cc2c[nH]c4ccccc24)CC3)cc1. The predicted molar refractivity (Wildman–Crippen MR) is 109 cm³/mol. The minimum Gasteiger partial charge on any atom is -0.361 e. The first kappa shape index (κ1) is 18.8. The molecule has 30 heavy (non-hydrogen) atoms. The molecule has 1 N–H and O–H groups in total. The molecule has 1 aliphatic rings. The number of aromatic nitrogens is 3. The molecule has 5 rings (SSSR count). The van der Waals surface area contributed by atoms with E-state index >= 15 is 0 Å². The zero-order valence-electron chi connectivity index (χ0n) is 16.1. The van der Waals surface area contributed by atoms with Gasteiger partial charge in [-0.25, -0.2) is 9.97 Å². The largest absolute Gasteiger partial charge is 0.416 e. The second-order valence-corrected chi connectivity index (χ2v) is 7.56. The third-order valence-electron chi connectivity index (χ3n) is 5.56. The molecule has 1 aliphatic heterocycles. The van der Waals surface area contributed by atoms with Gasteiger partial charge in [0, 0.05) is 48.5 Å². The summed E-state index contributed by atoms with van der Waals surface area (Å²) in [5.74, 6) is 0.455. The lowest BCUT2D eigenvalue weighted by molar-refractivity contribution is -0.137. The molecule has 0 saturated heterocycles. The maximum Gasteiger partial charge on any atom is 0.416 e. The number of alkyl halides is 3. The quantitative estimate of drug-likeness (QED) is 0.507. The van der Waals surface area contributed by atoms with Gasteiger partial charge >= 0.3 is 6.18 Å². The Morgan fingerprint density at radius 3 is 2.63 bits per heavy atom. The van der Waals surface area contributed by atoms with Gasteiger partial charge in [0.2, 0.25) is 0 Å². The number of hydrogen-bond acceptors (Lipinski definition) is 3. The van der Waals surface area contributed by atoms with Crippen LogP contribution in [0, 0.1) is 0 Å². The fourth-order valence-electron chi connectivity index (χ4n) is 3.94. The molecule has 0 spiro atoms. The molecule has 4 aromatic rings. The van der Waals surface area contributed by atoms with Gasteiger partial charge in [0.15, 0.2) is 5.82 Å². The molecular weight excluding hydrogens is 389 g/mol. The van der Waals surface area contributed by atoms with Crippen molar-refractivity contribution in [1.29, 1.82) is 0 Å². The van der Waals surface area contributed by atoms with Crippen molar-refractivity contribution in [2.24, 2.45) is 0 Å². The van der Waals surface area contributed by atoms with Gasteiger partial charge in [-0.15, -0.1) is 0 Å². The van der Waals surface area contributed by atoms with Gasteiger partial charge in [-0.1, -0.05) is 30.3 Å². The zero-order valence-corrected chi connectivity index (χ0v) is 16.1. The van der Waals surface area contributed by atoms with Gasteiger partial charge < -0.3 is 4.98 Å². The number of para-hydroxylation sites is 1. The number of aromatic amines is 1. The Morgan fingerprint density at radius 1 is 1.03 bits per heavy atom. The van der Waals surface area contributed by atoms with Crippen LogP contribution < -0.4 is 0 Å². The third-order valence-corrected chi connectivity index (χ3v) is 5.56. The van der Waals surface area contributed by atoms with E-state index in [1.165, 1.54) is 23.1 Å². The van der Waals surface area contributed by atoms with Crippen molar-refractivity contribution < 1.29 is 13.2 Å². The molecule has 0 aliphatic carbocycles. The van der Waals surface area contributed by atoms with E-state index in [9.17, 15) is 13.2 Å². The van der Waals surface area contributed by atoms with Gasteiger partial charge in [-0.05, 0) is 35.7 Å². The first-order valence-corrected chi connectivity index (χ1v) is 9.77. The Morgan fingerprint density at radius 2 is 1.83 bits per heavy atom. The van der Waals surface area contributed by atoms with Gasteiger partial charge in [0.1, 0.15) is 0 Å². The summed E-state index contributed by atoms with van der Waals surface area (Å²) in [6.07, 6.45) is 0.356. The lowest BCUT2D eigenvalue weighted by Gasteiger charge is -2.27. The second kappa shape index (κ2) is 7.25. The number of hydrogen-bond donors (Lipinski definition) is 1. The van der Waals surface area contributed by atoms with Crippen molar-refractivity contribution in [1.82, 2.24) is 19.9 Å². The summed E-state index contributed by atoms with van der Waals surface area (Å²) in [6.45, 7) is 2.41. The maximum absolute atomic E-state index is 12.8. The van der Waals surface area contributed by atoms with Crippen LogP contribution in [0.4, 0.5) is 13.2 Å². The van der Waals surface area contributed by atoms with Crippen LogP contribution in [-0.4, -0.2) is 26.4 Å². The Labute approximate surface area is 171 Å². The van der Waals surface area contributed by atoms with Crippen LogP contribution in [0.25, 0.3) is 22.3 Å². The second-order valence-electron chi connectivity index (χ2n) is 7.56. The smallest absolute Gasteiger partial charge is 0.361 e. The highest BCUT2D eigenvalue weighted by Crippen LogP contribution is 2.31. The average Bonchev–Trinajstić information content (AvgIpc) is 3.16. The minimum atomic E-state index is -4.35. The summed E-state index contributed by atoms with van der Waals surface area (Å²) in [5.41, 5.74) is 4.31. The molecule has 2 aromatic heterocycles. The zero-order chi connectivity index (χ0) is 20.7. The van der Waals surface area contributed by atoms with E-state index in [4.69, 9.17) is 0 Å². The molecule has 7 heteroatoms. The summed E-state index contributed by atoms with van der Waals surface area (Å²) in [4.78, 5) is 14.7. The fraction of sp³-hybridized carbons (Fsp3) is 0.217. The van der Waals surface area contributed by atoms with E-state index in [0.717, 1.165) is 48.4 Å². The fourth-order valence-corrected chi connectivity index (χ4v) is 3.94. The normalized spacial score (nSPS) is 14.8. The van der Waals surface area contributed by atoms with Gasteiger partial charge in [0.05, 0.1) is 11.3 Å². The van der Waals surface area contributed by atoms with Crippen LogP contribution in [0.5, 0.6) is 0 Å². The molecule has 0 saturated carbocycles. The Bertz CT molecular complexity index is 1200. The van der Waals surface area contributed by atoms with Crippen LogP contribution in [0.15, 0.2) is 60.9 Å². The van der Waals surface area contributed by atoms with Crippen LogP contribution in [-0.2, 0) is 25.7 Å². The molecule has 3 heterocycles. The van der Waals surface area contributed by atoms with Gasteiger partial charge in [0.25, 0.3) is 0 Å². The summed E-state index contributed by atoms with van der Waals surface area (Å²) in [5, 5.41) is 1.22. The molecule has 4 nitrogen and oxygen atoms in total. The number of rotatable bonds is 3. The highest BCUT2D eigenvalue weighted by atomic mass is 19.4. The topological polar surface area (TPSA) is 44.8 Å². The number of nitrogens with one attached hydrogen (secondary N) is 1. The number of halogens is 3. The molecule has 0 radical (unpaired) electrons. The van der Waals surface area contributed by atoms with E-state index in [2.05, 4.69) is 32.0 Å². The number of H-pyrrole nitrogens is 1. The predicted octanol–water partition coefficient (Wildman–Crippen LogP) is 5.20. The standard InChI is InChI=1S/C23H19F3N4/c24-23(25,26)18-7-5-15(6-8-18)22-28-11-16-9-10-30(14-21(16)29-22)13-17-12-27-20-4-2-1-3-19(17)20/h1-8,11-12,27H,9-10,13-14H2. The van der Waals surface area contributed by atoms with Gasteiger partial charge in [-0.3, -0.25) is 4.90 Å². The minimum absolute atomic E-state index is 0.455. The molecule has 0 unspecified atom stereocenters. The van der Waals surface area contributed by atoms with E-state index in [-0.39, 0.29) is 0 Å². The van der Waals surface area contributed by atoms with Crippen LogP contribution in [0.1, 0.15) is 22.4 Å². The highest BCUT2D eigenvalue weighted by Gasteiger charge is 2.30.